The van der Waals surface area contributed by atoms with E-state index in [0.29, 0.717) is 0 Å². The molecule has 7 heteroatoms. The molecule has 4 aromatic heterocycles. The molecule has 9 rings (SSSR count). The molecule has 0 aliphatic carbocycles. The number of pyridine rings is 2. The summed E-state index contributed by atoms with van der Waals surface area (Å²) in [6, 6.07) is 48.9. The third kappa shape index (κ3) is 8.77. The summed E-state index contributed by atoms with van der Waals surface area (Å²) in [7, 11) is -1.27. The van der Waals surface area contributed by atoms with Crippen molar-refractivity contribution in [3.05, 3.63) is 162 Å². The number of hydrogen-bond donors (Lipinski definition) is 0. The molecule has 0 aliphatic rings. The van der Waals surface area contributed by atoms with Gasteiger partial charge in [0.1, 0.15) is 5.58 Å². The van der Waals surface area contributed by atoms with Crippen molar-refractivity contribution in [1.82, 2.24) is 19.5 Å². The van der Waals surface area contributed by atoms with E-state index in [1.165, 1.54) is 38.7 Å². The molecule has 0 aliphatic heterocycles. The van der Waals surface area contributed by atoms with Crippen molar-refractivity contribution >= 4 is 46.4 Å². The van der Waals surface area contributed by atoms with E-state index in [0.717, 1.165) is 61.4 Å². The van der Waals surface area contributed by atoms with Gasteiger partial charge in [-0.2, -0.15) is 0 Å². The molecular weight excluding hydrogens is 953 g/mol. The SMILES string of the molecule is CC(C)c1cc(-c2ccccc2)cc(C(C)C)c1-n1c(-c2[c-]ccc3c2oc2ccccc23)nc2nc(C(C)(C)C)ccc21.Cc1cc(-c2[c-]cccc2)ncc1[Si](C)(C)C.[Ir]. The molecule has 1 radical (unpaired) electrons. The number of aromatic nitrogens is 4. The maximum Gasteiger partial charge on any atom is 0.168 e. The van der Waals surface area contributed by atoms with E-state index in [1.54, 1.807) is 0 Å². The third-order valence-corrected chi connectivity index (χ3v) is 13.6. The molecular formula is C55H56IrN4OSi-2. The van der Waals surface area contributed by atoms with Gasteiger partial charge in [0.25, 0.3) is 0 Å². The first-order valence-corrected chi connectivity index (χ1v) is 25.0. The maximum atomic E-state index is 6.53. The van der Waals surface area contributed by atoms with Gasteiger partial charge in [0.05, 0.1) is 25.0 Å². The molecule has 317 valence electrons. The van der Waals surface area contributed by atoms with Crippen LogP contribution in [0.4, 0.5) is 0 Å². The Labute approximate surface area is 382 Å². The fourth-order valence-corrected chi connectivity index (χ4v) is 9.99. The Hall–Kier alpha value is -5.46. The van der Waals surface area contributed by atoms with Gasteiger partial charge in [-0.1, -0.05) is 139 Å². The van der Waals surface area contributed by atoms with Crippen LogP contribution >= 0.6 is 0 Å². The largest absolute Gasteiger partial charge is 0.501 e. The Kier molecular flexibility index (Phi) is 12.7. The van der Waals surface area contributed by atoms with Gasteiger partial charge in [0.15, 0.2) is 5.65 Å². The van der Waals surface area contributed by atoms with E-state index in [1.807, 2.05) is 36.4 Å². The van der Waals surface area contributed by atoms with Crippen LogP contribution in [0.2, 0.25) is 19.6 Å². The molecule has 62 heavy (non-hydrogen) atoms. The predicted octanol–water partition coefficient (Wildman–Crippen LogP) is 14.4. The molecule has 0 bridgehead atoms. The summed E-state index contributed by atoms with van der Waals surface area (Å²) in [6.45, 7) is 24.9. The zero-order valence-electron chi connectivity index (χ0n) is 37.8. The Morgan fingerprint density at radius 2 is 1.37 bits per heavy atom. The van der Waals surface area contributed by atoms with Gasteiger partial charge in [-0.15, -0.1) is 54.1 Å². The van der Waals surface area contributed by atoms with Crippen molar-refractivity contribution in [1.29, 1.82) is 0 Å². The first-order chi connectivity index (χ1) is 29.1. The van der Waals surface area contributed by atoms with Crippen molar-refractivity contribution in [2.75, 3.05) is 0 Å². The molecule has 5 nitrogen and oxygen atoms in total. The number of benzene rings is 5. The monoisotopic (exact) mass is 1010 g/mol. The topological polar surface area (TPSA) is 56.7 Å². The van der Waals surface area contributed by atoms with E-state index in [-0.39, 0.29) is 37.4 Å². The fourth-order valence-electron chi connectivity index (χ4n) is 8.29. The minimum absolute atomic E-state index is 0. The molecule has 0 spiro atoms. The first-order valence-electron chi connectivity index (χ1n) is 21.5. The number of nitrogens with zero attached hydrogens (tertiary/aromatic N) is 4. The minimum atomic E-state index is -1.27. The molecule has 0 amide bonds. The number of para-hydroxylation sites is 1. The Balaban J connectivity index is 0.000000270. The molecule has 0 atom stereocenters. The molecule has 9 aromatic rings. The Morgan fingerprint density at radius 3 is 2.00 bits per heavy atom. The van der Waals surface area contributed by atoms with Gasteiger partial charge in [-0.25, -0.2) is 4.98 Å². The summed E-state index contributed by atoms with van der Waals surface area (Å²) in [5, 5.41) is 3.59. The fraction of sp³-hybridized carbons (Fsp3) is 0.255. The molecule has 5 aromatic carbocycles. The molecule has 4 heterocycles. The van der Waals surface area contributed by atoms with Gasteiger partial charge in [-0.3, -0.25) is 4.98 Å². The average molecular weight is 1010 g/mol. The average Bonchev–Trinajstić information content (AvgIpc) is 3.81. The van der Waals surface area contributed by atoms with E-state index in [9.17, 15) is 0 Å². The number of fused-ring (bicyclic) bond motifs is 4. The smallest absolute Gasteiger partial charge is 0.168 e. The van der Waals surface area contributed by atoms with Crippen LogP contribution in [0.5, 0.6) is 0 Å². The van der Waals surface area contributed by atoms with Crippen molar-refractivity contribution in [3.63, 3.8) is 0 Å². The summed E-state index contributed by atoms with van der Waals surface area (Å²) >= 11 is 0. The van der Waals surface area contributed by atoms with Crippen molar-refractivity contribution < 1.29 is 24.5 Å². The summed E-state index contributed by atoms with van der Waals surface area (Å²) in [5.74, 6) is 1.33. The summed E-state index contributed by atoms with van der Waals surface area (Å²) in [5.41, 5.74) is 14.7. The summed E-state index contributed by atoms with van der Waals surface area (Å²) in [4.78, 5) is 15.0. The summed E-state index contributed by atoms with van der Waals surface area (Å²) in [6.07, 6.45) is 2.05. The van der Waals surface area contributed by atoms with Gasteiger partial charge in [0.2, 0.25) is 0 Å². The second-order valence-corrected chi connectivity index (χ2v) is 23.9. The normalized spacial score (nSPS) is 12.0. The number of aryl methyl sites for hydroxylation is 1. The molecule has 0 N–H and O–H groups in total. The van der Waals surface area contributed by atoms with E-state index < -0.39 is 8.07 Å². The van der Waals surface area contributed by atoms with Crippen LogP contribution in [0.25, 0.3) is 72.6 Å². The third-order valence-electron chi connectivity index (χ3n) is 11.5. The second-order valence-electron chi connectivity index (χ2n) is 18.8. The number of furan rings is 1. The molecule has 0 unspecified atom stereocenters. The zero-order chi connectivity index (χ0) is 43.2. The predicted molar refractivity (Wildman–Crippen MR) is 259 cm³/mol. The van der Waals surface area contributed by atoms with Gasteiger partial charge >= 0.3 is 0 Å². The Morgan fingerprint density at radius 1 is 0.694 bits per heavy atom. The molecule has 0 saturated heterocycles. The molecule has 0 fully saturated rings. The van der Waals surface area contributed by atoms with E-state index >= 15 is 0 Å². The van der Waals surface area contributed by atoms with Crippen LogP contribution in [-0.2, 0) is 25.5 Å². The van der Waals surface area contributed by atoms with Crippen molar-refractivity contribution in [2.45, 2.75) is 92.3 Å². The van der Waals surface area contributed by atoms with E-state index in [4.69, 9.17) is 14.4 Å². The zero-order valence-corrected chi connectivity index (χ0v) is 41.2. The summed E-state index contributed by atoms with van der Waals surface area (Å²) < 4.78 is 8.86. The Bertz CT molecular complexity index is 2980. The minimum Gasteiger partial charge on any atom is -0.501 e. The van der Waals surface area contributed by atoms with Gasteiger partial charge < -0.3 is 14.0 Å². The van der Waals surface area contributed by atoms with E-state index in [2.05, 4.69) is 188 Å². The van der Waals surface area contributed by atoms with Crippen molar-refractivity contribution in [3.8, 4) is 39.5 Å². The van der Waals surface area contributed by atoms with Crippen LogP contribution in [0.1, 0.15) is 82.7 Å². The standard InChI is InChI=1S/C40H38N3O.C15H18NSi.Ir/c1-24(2)31-22-27(26-14-9-8-10-15-26)23-32(25(3)4)36(31)43-33-20-21-35(40(5,6)7)41-38(33)42-39(43)30-18-13-17-29-28-16-11-12-19-34(28)44-37(29)30;1-12-10-14(13-8-6-5-7-9-13)16-11-15(12)17(2,3)4;/h8-17,19-25H,1-7H3;5-8,10-11H,1-4H3;/q2*-1;. The number of imidazole rings is 1. The number of rotatable bonds is 7. The molecule has 0 saturated carbocycles. The quantitative estimate of drug-likeness (QED) is 0.118. The van der Waals surface area contributed by atoms with Crippen LogP contribution in [0.15, 0.2) is 132 Å². The van der Waals surface area contributed by atoms with Crippen LogP contribution in [-0.4, -0.2) is 27.6 Å². The maximum absolute atomic E-state index is 6.53. The van der Waals surface area contributed by atoms with Crippen LogP contribution in [0, 0.1) is 19.1 Å². The number of hydrogen-bond acceptors (Lipinski definition) is 4. The van der Waals surface area contributed by atoms with Crippen molar-refractivity contribution in [2.24, 2.45) is 0 Å². The second kappa shape index (κ2) is 17.7. The first kappa shape index (κ1) is 44.6. The van der Waals surface area contributed by atoms with Crippen LogP contribution < -0.4 is 5.19 Å². The van der Waals surface area contributed by atoms with Gasteiger partial charge in [-0.05, 0) is 82.2 Å². The van der Waals surface area contributed by atoms with Gasteiger partial charge in [0, 0.05) is 48.5 Å². The van der Waals surface area contributed by atoms with Crippen LogP contribution in [0.3, 0.4) is 0 Å².